The maximum Gasteiger partial charge on any atom is 0.231 e. The maximum atomic E-state index is 8.96. The lowest BCUT2D eigenvalue weighted by Crippen LogP contribution is -2.04. The highest BCUT2D eigenvalue weighted by Crippen LogP contribution is 2.39. The second-order valence-corrected chi connectivity index (χ2v) is 4.91. The summed E-state index contributed by atoms with van der Waals surface area (Å²) in [6, 6.07) is 11.6. The minimum atomic E-state index is -0.0313. The second kappa shape index (κ2) is 6.58. The van der Waals surface area contributed by atoms with Gasteiger partial charge in [0.15, 0.2) is 11.5 Å². The second-order valence-electron chi connectivity index (χ2n) is 4.91. The Morgan fingerprint density at radius 2 is 1.82 bits per heavy atom. The molecule has 0 unspecified atom stereocenters. The monoisotopic (exact) mass is 302 g/mol. The van der Waals surface area contributed by atoms with Crippen LogP contribution >= 0.6 is 0 Å². The number of benzene rings is 2. The van der Waals surface area contributed by atoms with Crippen molar-refractivity contribution in [3.8, 4) is 23.0 Å². The molecule has 0 atom stereocenters. The first-order chi connectivity index (χ1) is 10.8. The molecule has 1 aliphatic heterocycles. The van der Waals surface area contributed by atoms with E-state index < -0.39 is 0 Å². The third-order valence-electron chi connectivity index (χ3n) is 3.46. The summed E-state index contributed by atoms with van der Waals surface area (Å²) in [5.74, 6) is 2.92. The van der Waals surface area contributed by atoms with Gasteiger partial charge in [-0.2, -0.15) is 0 Å². The Morgan fingerprint density at radius 3 is 2.50 bits per heavy atom. The van der Waals surface area contributed by atoms with Gasteiger partial charge in [-0.25, -0.2) is 0 Å². The van der Waals surface area contributed by atoms with Crippen molar-refractivity contribution in [3.63, 3.8) is 0 Å². The molecule has 1 aliphatic rings. The SMILES string of the molecule is COc1ccc(Cc2cc3c(cc2OCCO)OCO3)cc1. The highest BCUT2D eigenvalue weighted by atomic mass is 16.7. The molecule has 1 N–H and O–H groups in total. The number of fused-ring (bicyclic) bond motifs is 1. The molecule has 5 nitrogen and oxygen atoms in total. The molecule has 5 heteroatoms. The zero-order valence-corrected chi connectivity index (χ0v) is 12.4. The van der Waals surface area contributed by atoms with E-state index in [1.807, 2.05) is 36.4 Å². The average molecular weight is 302 g/mol. The molecule has 116 valence electrons. The van der Waals surface area contributed by atoms with Gasteiger partial charge < -0.3 is 24.1 Å². The van der Waals surface area contributed by atoms with E-state index in [0.29, 0.717) is 17.9 Å². The number of rotatable bonds is 6. The van der Waals surface area contributed by atoms with Crippen LogP contribution in [0.1, 0.15) is 11.1 Å². The first-order valence-corrected chi connectivity index (χ1v) is 7.09. The van der Waals surface area contributed by atoms with Crippen LogP contribution in [-0.2, 0) is 6.42 Å². The summed E-state index contributed by atoms with van der Waals surface area (Å²) in [4.78, 5) is 0. The molecule has 0 aliphatic carbocycles. The molecule has 22 heavy (non-hydrogen) atoms. The van der Waals surface area contributed by atoms with Crippen molar-refractivity contribution in [2.75, 3.05) is 27.1 Å². The fraction of sp³-hybridized carbons (Fsp3) is 0.294. The van der Waals surface area contributed by atoms with Crippen LogP contribution in [-0.4, -0.2) is 32.2 Å². The summed E-state index contributed by atoms with van der Waals surface area (Å²) in [6.07, 6.45) is 0.696. The summed E-state index contributed by atoms with van der Waals surface area (Å²) in [5.41, 5.74) is 2.12. The molecule has 2 aromatic rings. The first-order valence-electron chi connectivity index (χ1n) is 7.09. The fourth-order valence-corrected chi connectivity index (χ4v) is 2.36. The van der Waals surface area contributed by atoms with Gasteiger partial charge in [-0.05, 0) is 23.8 Å². The van der Waals surface area contributed by atoms with Gasteiger partial charge in [-0.1, -0.05) is 12.1 Å². The van der Waals surface area contributed by atoms with Gasteiger partial charge in [-0.3, -0.25) is 0 Å². The van der Waals surface area contributed by atoms with Crippen molar-refractivity contribution >= 4 is 0 Å². The smallest absolute Gasteiger partial charge is 0.231 e. The van der Waals surface area contributed by atoms with E-state index in [2.05, 4.69) is 0 Å². The lowest BCUT2D eigenvalue weighted by Gasteiger charge is -2.12. The molecule has 1 heterocycles. The molecule has 0 bridgehead atoms. The van der Waals surface area contributed by atoms with E-state index in [9.17, 15) is 0 Å². The quantitative estimate of drug-likeness (QED) is 0.888. The van der Waals surface area contributed by atoms with Gasteiger partial charge in [0.05, 0.1) is 13.7 Å². The summed E-state index contributed by atoms with van der Waals surface area (Å²) >= 11 is 0. The van der Waals surface area contributed by atoms with Crippen molar-refractivity contribution in [2.45, 2.75) is 6.42 Å². The van der Waals surface area contributed by atoms with Gasteiger partial charge in [0.1, 0.15) is 18.1 Å². The molecule has 0 fully saturated rings. The van der Waals surface area contributed by atoms with E-state index in [1.165, 1.54) is 0 Å². The topological polar surface area (TPSA) is 57.2 Å². The molecule has 0 saturated heterocycles. The Bertz CT molecular complexity index is 636. The lowest BCUT2D eigenvalue weighted by atomic mass is 10.0. The lowest BCUT2D eigenvalue weighted by molar-refractivity contribution is 0.173. The normalized spacial score (nSPS) is 12.3. The number of hydrogen-bond donors (Lipinski definition) is 1. The molecular weight excluding hydrogens is 284 g/mol. The Balaban J connectivity index is 1.86. The summed E-state index contributed by atoms with van der Waals surface area (Å²) in [7, 11) is 1.65. The van der Waals surface area contributed by atoms with Crippen LogP contribution in [0.25, 0.3) is 0 Å². The zero-order chi connectivity index (χ0) is 15.4. The van der Waals surface area contributed by atoms with Crippen molar-refractivity contribution in [3.05, 3.63) is 47.5 Å². The average Bonchev–Trinajstić information content (AvgIpc) is 3.00. The molecule has 0 aromatic heterocycles. The van der Waals surface area contributed by atoms with Crippen LogP contribution in [0.15, 0.2) is 36.4 Å². The maximum absolute atomic E-state index is 8.96. The molecule has 2 aromatic carbocycles. The van der Waals surface area contributed by atoms with E-state index in [4.69, 9.17) is 24.1 Å². The van der Waals surface area contributed by atoms with E-state index in [1.54, 1.807) is 7.11 Å². The predicted octanol–water partition coefficient (Wildman–Crippen LogP) is 2.39. The molecule has 0 amide bonds. The van der Waals surface area contributed by atoms with Gasteiger partial charge in [0, 0.05) is 18.1 Å². The van der Waals surface area contributed by atoms with Gasteiger partial charge in [-0.15, -0.1) is 0 Å². The highest BCUT2D eigenvalue weighted by Gasteiger charge is 2.18. The first kappa shape index (κ1) is 14.5. The van der Waals surface area contributed by atoms with Crippen LogP contribution < -0.4 is 18.9 Å². The molecular formula is C17H18O5. The minimum Gasteiger partial charge on any atom is -0.497 e. The van der Waals surface area contributed by atoms with Crippen molar-refractivity contribution in [2.24, 2.45) is 0 Å². The Kier molecular flexibility index (Phi) is 4.34. The van der Waals surface area contributed by atoms with E-state index in [-0.39, 0.29) is 20.0 Å². The number of methoxy groups -OCH3 is 1. The van der Waals surface area contributed by atoms with Crippen molar-refractivity contribution < 1.29 is 24.1 Å². The zero-order valence-electron chi connectivity index (χ0n) is 12.4. The molecule has 0 spiro atoms. The highest BCUT2D eigenvalue weighted by molar-refractivity contribution is 5.53. The Morgan fingerprint density at radius 1 is 1.09 bits per heavy atom. The fourth-order valence-electron chi connectivity index (χ4n) is 2.36. The van der Waals surface area contributed by atoms with E-state index >= 15 is 0 Å². The molecule has 0 radical (unpaired) electrons. The largest absolute Gasteiger partial charge is 0.497 e. The standard InChI is InChI=1S/C17H18O5/c1-19-14-4-2-12(3-5-14)8-13-9-16-17(22-11-21-16)10-15(13)20-7-6-18/h2-5,9-10,18H,6-8,11H2,1H3. The Labute approximate surface area is 129 Å². The summed E-state index contributed by atoms with van der Waals surface area (Å²) in [6.45, 7) is 0.437. The van der Waals surface area contributed by atoms with E-state index in [0.717, 1.165) is 22.6 Å². The van der Waals surface area contributed by atoms with Gasteiger partial charge in [0.2, 0.25) is 6.79 Å². The third-order valence-corrected chi connectivity index (χ3v) is 3.46. The Hall–Kier alpha value is -2.40. The summed E-state index contributed by atoms with van der Waals surface area (Å²) < 4.78 is 21.6. The van der Waals surface area contributed by atoms with Crippen LogP contribution in [0.3, 0.4) is 0 Å². The summed E-state index contributed by atoms with van der Waals surface area (Å²) in [5, 5.41) is 8.96. The van der Waals surface area contributed by atoms with Gasteiger partial charge >= 0.3 is 0 Å². The minimum absolute atomic E-state index is 0.0313. The number of aliphatic hydroxyl groups is 1. The number of hydrogen-bond acceptors (Lipinski definition) is 5. The number of aliphatic hydroxyl groups excluding tert-OH is 1. The predicted molar refractivity (Wildman–Crippen MR) is 80.9 cm³/mol. The van der Waals surface area contributed by atoms with Crippen LogP contribution in [0, 0.1) is 0 Å². The number of ether oxygens (including phenoxy) is 4. The molecule has 3 rings (SSSR count). The van der Waals surface area contributed by atoms with Crippen molar-refractivity contribution in [1.82, 2.24) is 0 Å². The van der Waals surface area contributed by atoms with Crippen LogP contribution in [0.2, 0.25) is 0 Å². The van der Waals surface area contributed by atoms with Crippen LogP contribution in [0.5, 0.6) is 23.0 Å². The van der Waals surface area contributed by atoms with Crippen molar-refractivity contribution in [1.29, 1.82) is 0 Å². The molecule has 0 saturated carbocycles. The van der Waals surface area contributed by atoms with Gasteiger partial charge in [0.25, 0.3) is 0 Å². The van der Waals surface area contributed by atoms with Crippen LogP contribution in [0.4, 0.5) is 0 Å². The third kappa shape index (κ3) is 3.09.